The third-order valence-electron chi connectivity index (χ3n) is 4.97. The molecule has 5 nitrogen and oxygen atoms in total. The van der Waals surface area contributed by atoms with Crippen molar-refractivity contribution in [1.29, 1.82) is 0 Å². The SMILES string of the molecule is CC(C)c1ccc(OCC(=O)NCc2cccc(C(=O)N3CCCC3)c2)cc1. The summed E-state index contributed by atoms with van der Waals surface area (Å²) in [5.41, 5.74) is 2.81. The van der Waals surface area contributed by atoms with Crippen LogP contribution in [0.2, 0.25) is 0 Å². The van der Waals surface area contributed by atoms with Crippen LogP contribution in [-0.4, -0.2) is 36.4 Å². The Bertz CT molecular complexity index is 809. The standard InChI is InChI=1S/C23H28N2O3/c1-17(2)19-8-10-21(11-9-19)28-16-22(26)24-15-18-6-5-7-20(14-18)23(27)25-12-3-4-13-25/h5-11,14,17H,3-4,12-13,15-16H2,1-2H3,(H,24,26). The van der Waals surface area contributed by atoms with Gasteiger partial charge in [0.25, 0.3) is 11.8 Å². The molecule has 0 radical (unpaired) electrons. The molecule has 1 aliphatic rings. The predicted molar refractivity (Wildman–Crippen MR) is 109 cm³/mol. The van der Waals surface area contributed by atoms with Crippen molar-refractivity contribution >= 4 is 11.8 Å². The number of benzene rings is 2. The highest BCUT2D eigenvalue weighted by molar-refractivity contribution is 5.94. The molecule has 0 aliphatic carbocycles. The van der Waals surface area contributed by atoms with Crippen LogP contribution in [0.4, 0.5) is 0 Å². The highest BCUT2D eigenvalue weighted by Gasteiger charge is 2.19. The quantitative estimate of drug-likeness (QED) is 0.796. The number of nitrogens with one attached hydrogen (secondary N) is 1. The first-order valence-corrected chi connectivity index (χ1v) is 9.90. The zero-order valence-corrected chi connectivity index (χ0v) is 16.6. The van der Waals surface area contributed by atoms with Gasteiger partial charge in [-0.2, -0.15) is 0 Å². The molecule has 0 saturated carbocycles. The first-order valence-electron chi connectivity index (χ1n) is 9.90. The average molecular weight is 380 g/mol. The van der Waals surface area contributed by atoms with Crippen LogP contribution in [0.5, 0.6) is 5.75 Å². The van der Waals surface area contributed by atoms with Crippen LogP contribution < -0.4 is 10.1 Å². The second-order valence-corrected chi connectivity index (χ2v) is 7.49. The van der Waals surface area contributed by atoms with Crippen LogP contribution in [0.25, 0.3) is 0 Å². The van der Waals surface area contributed by atoms with E-state index >= 15 is 0 Å². The third-order valence-corrected chi connectivity index (χ3v) is 4.97. The van der Waals surface area contributed by atoms with Crippen molar-refractivity contribution in [1.82, 2.24) is 10.2 Å². The topological polar surface area (TPSA) is 58.6 Å². The van der Waals surface area contributed by atoms with Gasteiger partial charge in [0.15, 0.2) is 6.61 Å². The maximum absolute atomic E-state index is 12.5. The number of hydrogen-bond donors (Lipinski definition) is 1. The number of carbonyl (C=O) groups excluding carboxylic acids is 2. The van der Waals surface area contributed by atoms with E-state index in [1.807, 2.05) is 53.4 Å². The van der Waals surface area contributed by atoms with Gasteiger partial charge in [-0.05, 0) is 54.2 Å². The minimum atomic E-state index is -0.191. The molecule has 2 aromatic carbocycles. The Labute approximate surface area is 166 Å². The van der Waals surface area contributed by atoms with Crippen molar-refractivity contribution in [3.8, 4) is 5.75 Å². The molecule has 5 heteroatoms. The summed E-state index contributed by atoms with van der Waals surface area (Å²) in [6, 6.07) is 15.3. The molecule has 1 aliphatic heterocycles. The van der Waals surface area contributed by atoms with Gasteiger partial charge in [-0.3, -0.25) is 9.59 Å². The molecular weight excluding hydrogens is 352 g/mol. The van der Waals surface area contributed by atoms with Gasteiger partial charge in [0.05, 0.1) is 0 Å². The fourth-order valence-corrected chi connectivity index (χ4v) is 3.27. The van der Waals surface area contributed by atoms with E-state index in [1.54, 1.807) is 0 Å². The Morgan fingerprint density at radius 3 is 2.46 bits per heavy atom. The predicted octanol–water partition coefficient (Wildman–Crippen LogP) is 3.74. The number of carbonyl (C=O) groups is 2. The molecule has 0 unspecified atom stereocenters. The lowest BCUT2D eigenvalue weighted by Crippen LogP contribution is -2.29. The molecule has 0 aromatic heterocycles. The van der Waals surface area contributed by atoms with Crippen LogP contribution >= 0.6 is 0 Å². The fraction of sp³-hybridized carbons (Fsp3) is 0.391. The summed E-state index contributed by atoms with van der Waals surface area (Å²) in [7, 11) is 0. The summed E-state index contributed by atoms with van der Waals surface area (Å²) in [6.07, 6.45) is 2.14. The summed E-state index contributed by atoms with van der Waals surface area (Å²) < 4.78 is 5.55. The molecule has 2 amide bonds. The minimum absolute atomic E-state index is 0.0343. The lowest BCUT2D eigenvalue weighted by molar-refractivity contribution is -0.123. The molecule has 1 heterocycles. The minimum Gasteiger partial charge on any atom is -0.484 e. The maximum atomic E-state index is 12.5. The molecule has 28 heavy (non-hydrogen) atoms. The first kappa shape index (κ1) is 19.9. The Morgan fingerprint density at radius 1 is 1.07 bits per heavy atom. The second kappa shape index (κ2) is 9.40. The first-order chi connectivity index (χ1) is 13.5. The number of likely N-dealkylation sites (tertiary alicyclic amines) is 1. The largest absolute Gasteiger partial charge is 0.484 e. The van der Waals surface area contributed by atoms with Crippen molar-refractivity contribution in [3.63, 3.8) is 0 Å². The van der Waals surface area contributed by atoms with Gasteiger partial charge in [-0.25, -0.2) is 0 Å². The van der Waals surface area contributed by atoms with E-state index in [9.17, 15) is 9.59 Å². The fourth-order valence-electron chi connectivity index (χ4n) is 3.27. The Hall–Kier alpha value is -2.82. The van der Waals surface area contributed by atoms with Gasteiger partial charge in [-0.15, -0.1) is 0 Å². The van der Waals surface area contributed by atoms with Gasteiger partial charge in [0.1, 0.15) is 5.75 Å². The van der Waals surface area contributed by atoms with E-state index in [4.69, 9.17) is 4.74 Å². The molecule has 1 fully saturated rings. The smallest absolute Gasteiger partial charge is 0.258 e. The number of ether oxygens (including phenoxy) is 1. The van der Waals surface area contributed by atoms with Crippen molar-refractivity contribution in [3.05, 3.63) is 65.2 Å². The summed E-state index contributed by atoms with van der Waals surface area (Å²) in [4.78, 5) is 26.4. The van der Waals surface area contributed by atoms with E-state index < -0.39 is 0 Å². The lowest BCUT2D eigenvalue weighted by Gasteiger charge is -2.15. The summed E-state index contributed by atoms with van der Waals surface area (Å²) in [5.74, 6) is 1.02. The zero-order valence-electron chi connectivity index (χ0n) is 16.6. The second-order valence-electron chi connectivity index (χ2n) is 7.49. The number of rotatable bonds is 7. The molecule has 2 aromatic rings. The van der Waals surface area contributed by atoms with Crippen molar-refractivity contribution < 1.29 is 14.3 Å². The van der Waals surface area contributed by atoms with Crippen LogP contribution in [0, 0.1) is 0 Å². The van der Waals surface area contributed by atoms with E-state index in [2.05, 4.69) is 19.2 Å². The monoisotopic (exact) mass is 380 g/mol. The van der Waals surface area contributed by atoms with E-state index in [0.717, 1.165) is 31.5 Å². The molecular formula is C23H28N2O3. The molecule has 0 atom stereocenters. The van der Waals surface area contributed by atoms with Gasteiger partial charge in [0, 0.05) is 25.2 Å². The highest BCUT2D eigenvalue weighted by Crippen LogP contribution is 2.18. The number of amides is 2. The van der Waals surface area contributed by atoms with Gasteiger partial charge in [-0.1, -0.05) is 38.1 Å². The lowest BCUT2D eigenvalue weighted by atomic mass is 10.0. The Kier molecular flexibility index (Phi) is 6.69. The summed E-state index contributed by atoms with van der Waals surface area (Å²) in [6.45, 7) is 6.27. The van der Waals surface area contributed by atoms with Crippen molar-refractivity contribution in [2.45, 2.75) is 39.2 Å². The van der Waals surface area contributed by atoms with Crippen molar-refractivity contribution in [2.24, 2.45) is 0 Å². The molecule has 0 spiro atoms. The van der Waals surface area contributed by atoms with Gasteiger partial charge >= 0.3 is 0 Å². The maximum Gasteiger partial charge on any atom is 0.258 e. The summed E-state index contributed by atoms with van der Waals surface area (Å²) >= 11 is 0. The third kappa shape index (κ3) is 5.35. The number of nitrogens with zero attached hydrogens (tertiary/aromatic N) is 1. The number of hydrogen-bond acceptors (Lipinski definition) is 3. The van der Waals surface area contributed by atoms with Crippen molar-refractivity contribution in [2.75, 3.05) is 19.7 Å². The molecule has 3 rings (SSSR count). The Balaban J connectivity index is 1.47. The average Bonchev–Trinajstić information content (AvgIpc) is 3.25. The normalized spacial score (nSPS) is 13.6. The zero-order chi connectivity index (χ0) is 19.9. The molecule has 1 saturated heterocycles. The van der Waals surface area contributed by atoms with E-state index in [0.29, 0.717) is 23.8 Å². The van der Waals surface area contributed by atoms with Crippen LogP contribution in [-0.2, 0) is 11.3 Å². The van der Waals surface area contributed by atoms with Gasteiger partial charge in [0.2, 0.25) is 0 Å². The highest BCUT2D eigenvalue weighted by atomic mass is 16.5. The van der Waals surface area contributed by atoms with E-state index in [-0.39, 0.29) is 18.4 Å². The molecule has 148 valence electrons. The summed E-state index contributed by atoms with van der Waals surface area (Å²) in [5, 5.41) is 2.85. The van der Waals surface area contributed by atoms with Crippen LogP contribution in [0.15, 0.2) is 48.5 Å². The molecule has 1 N–H and O–H groups in total. The van der Waals surface area contributed by atoms with Gasteiger partial charge < -0.3 is 15.0 Å². The van der Waals surface area contributed by atoms with E-state index in [1.165, 1.54) is 5.56 Å². The Morgan fingerprint density at radius 2 is 1.79 bits per heavy atom. The molecule has 0 bridgehead atoms. The van der Waals surface area contributed by atoms with Crippen LogP contribution in [0.3, 0.4) is 0 Å². The van der Waals surface area contributed by atoms with Crippen LogP contribution in [0.1, 0.15) is 54.1 Å².